The minimum absolute atomic E-state index is 0.0910. The van der Waals surface area contributed by atoms with Crippen LogP contribution in [0.5, 0.6) is 0 Å². The van der Waals surface area contributed by atoms with Gasteiger partial charge in [-0.2, -0.15) is 4.98 Å². The summed E-state index contributed by atoms with van der Waals surface area (Å²) in [5, 5.41) is 3.46. The van der Waals surface area contributed by atoms with Crippen molar-refractivity contribution in [1.82, 2.24) is 9.97 Å². The van der Waals surface area contributed by atoms with Crippen molar-refractivity contribution in [2.24, 2.45) is 0 Å². The predicted octanol–water partition coefficient (Wildman–Crippen LogP) is 2.12. The third-order valence-electron chi connectivity index (χ3n) is 2.97. The van der Waals surface area contributed by atoms with Crippen molar-refractivity contribution < 1.29 is 0 Å². The number of rotatable bonds is 2. The van der Waals surface area contributed by atoms with Gasteiger partial charge in [-0.05, 0) is 33.6 Å². The summed E-state index contributed by atoms with van der Waals surface area (Å²) in [7, 11) is 0. The van der Waals surface area contributed by atoms with Crippen LogP contribution in [0.15, 0.2) is 29.1 Å². The standard InChI is InChI=1S/C12H11BrClN5O/c13-11-16-8-9(17-12(15)18-10(8)20)19(11)5-6-2-1-3-7(14)4-6/h1-4,11,16H,5H2,(H3,15,17,18,20). The normalized spacial score (nSPS) is 16.9. The van der Waals surface area contributed by atoms with Gasteiger partial charge in [0.25, 0.3) is 5.56 Å². The van der Waals surface area contributed by atoms with Crippen LogP contribution in [0.3, 0.4) is 0 Å². The predicted molar refractivity (Wildman–Crippen MR) is 83.2 cm³/mol. The van der Waals surface area contributed by atoms with Gasteiger partial charge < -0.3 is 16.0 Å². The zero-order valence-electron chi connectivity index (χ0n) is 10.2. The number of benzene rings is 1. The van der Waals surface area contributed by atoms with Crippen molar-refractivity contribution >= 4 is 45.0 Å². The monoisotopic (exact) mass is 355 g/mol. The van der Waals surface area contributed by atoms with Crippen LogP contribution in [-0.4, -0.2) is 15.0 Å². The highest BCUT2D eigenvalue weighted by Crippen LogP contribution is 2.33. The molecule has 1 aromatic heterocycles. The molecule has 2 aromatic rings. The van der Waals surface area contributed by atoms with Gasteiger partial charge in [-0.1, -0.05) is 23.7 Å². The lowest BCUT2D eigenvalue weighted by atomic mass is 10.2. The highest BCUT2D eigenvalue weighted by Gasteiger charge is 2.30. The van der Waals surface area contributed by atoms with E-state index < -0.39 is 0 Å². The smallest absolute Gasteiger partial charge is 0.277 e. The van der Waals surface area contributed by atoms with Crippen LogP contribution in [0.1, 0.15) is 5.56 Å². The summed E-state index contributed by atoms with van der Waals surface area (Å²) in [6.07, 6.45) is 0. The van der Waals surface area contributed by atoms with Gasteiger partial charge in [0.2, 0.25) is 5.95 Å². The molecule has 2 heterocycles. The minimum Gasteiger partial charge on any atom is -0.369 e. The molecule has 0 radical (unpaired) electrons. The lowest BCUT2D eigenvalue weighted by molar-refractivity contribution is 0.829. The Hall–Kier alpha value is -1.73. The van der Waals surface area contributed by atoms with Crippen LogP contribution in [0.25, 0.3) is 0 Å². The number of hydrogen-bond acceptors (Lipinski definition) is 5. The maximum absolute atomic E-state index is 11.8. The summed E-state index contributed by atoms with van der Waals surface area (Å²) in [5.41, 5.74) is 6.73. The highest BCUT2D eigenvalue weighted by molar-refractivity contribution is 9.09. The van der Waals surface area contributed by atoms with Crippen LogP contribution < -0.4 is 21.5 Å². The van der Waals surface area contributed by atoms with E-state index in [1.165, 1.54) is 0 Å². The molecule has 0 spiro atoms. The Kier molecular flexibility index (Phi) is 3.31. The topological polar surface area (TPSA) is 87.0 Å². The molecular weight excluding hydrogens is 346 g/mol. The molecule has 0 saturated heterocycles. The summed E-state index contributed by atoms with van der Waals surface area (Å²) in [6.45, 7) is 0.548. The van der Waals surface area contributed by atoms with Crippen LogP contribution in [0.4, 0.5) is 17.5 Å². The van der Waals surface area contributed by atoms with Crippen molar-refractivity contribution in [3.05, 3.63) is 45.2 Å². The first-order valence-electron chi connectivity index (χ1n) is 5.86. The third kappa shape index (κ3) is 2.34. The molecule has 1 aliphatic heterocycles. The van der Waals surface area contributed by atoms with Gasteiger partial charge in [0.05, 0.1) is 0 Å². The van der Waals surface area contributed by atoms with E-state index in [1.807, 2.05) is 29.2 Å². The highest BCUT2D eigenvalue weighted by atomic mass is 79.9. The van der Waals surface area contributed by atoms with Gasteiger partial charge in [0.15, 0.2) is 10.9 Å². The molecule has 1 aliphatic rings. The van der Waals surface area contributed by atoms with E-state index in [2.05, 4.69) is 31.2 Å². The number of nitrogens with one attached hydrogen (secondary N) is 2. The van der Waals surface area contributed by atoms with E-state index in [9.17, 15) is 4.79 Å². The van der Waals surface area contributed by atoms with Crippen LogP contribution >= 0.6 is 27.5 Å². The molecule has 1 atom stereocenters. The molecule has 20 heavy (non-hydrogen) atoms. The number of nitrogens with two attached hydrogens (primary N) is 1. The summed E-state index contributed by atoms with van der Waals surface area (Å²) in [4.78, 5) is 20.4. The van der Waals surface area contributed by atoms with E-state index in [1.54, 1.807) is 0 Å². The first-order valence-corrected chi connectivity index (χ1v) is 7.15. The molecule has 4 N–H and O–H groups in total. The summed E-state index contributed by atoms with van der Waals surface area (Å²) in [5.74, 6) is 0.612. The number of alkyl halides is 1. The number of aromatic nitrogens is 2. The summed E-state index contributed by atoms with van der Waals surface area (Å²) < 4.78 is 0. The van der Waals surface area contributed by atoms with Gasteiger partial charge in [0, 0.05) is 11.6 Å². The molecule has 1 unspecified atom stereocenters. The van der Waals surface area contributed by atoms with Crippen molar-refractivity contribution in [3.8, 4) is 0 Å². The Balaban J connectivity index is 1.98. The minimum atomic E-state index is -0.287. The Morgan fingerprint density at radius 1 is 1.50 bits per heavy atom. The number of hydrogen-bond donors (Lipinski definition) is 3. The van der Waals surface area contributed by atoms with E-state index in [-0.39, 0.29) is 16.6 Å². The first-order chi connectivity index (χ1) is 9.54. The van der Waals surface area contributed by atoms with E-state index in [0.29, 0.717) is 23.1 Å². The van der Waals surface area contributed by atoms with Gasteiger partial charge >= 0.3 is 0 Å². The number of nitrogens with zero attached hydrogens (tertiary/aromatic N) is 2. The maximum Gasteiger partial charge on any atom is 0.277 e. The fourth-order valence-electron chi connectivity index (χ4n) is 2.11. The molecule has 1 aromatic carbocycles. The van der Waals surface area contributed by atoms with Crippen LogP contribution in [-0.2, 0) is 6.54 Å². The second-order valence-electron chi connectivity index (χ2n) is 4.39. The molecule has 104 valence electrons. The number of halogens is 2. The average molecular weight is 357 g/mol. The zero-order valence-corrected chi connectivity index (χ0v) is 12.6. The largest absolute Gasteiger partial charge is 0.369 e. The fraction of sp³-hybridized carbons (Fsp3) is 0.167. The SMILES string of the molecule is Nc1nc2c(c(=O)[nH]1)NC(Br)N2Cc1cccc(Cl)c1. The molecule has 0 bridgehead atoms. The lowest BCUT2D eigenvalue weighted by Gasteiger charge is -2.21. The third-order valence-corrected chi connectivity index (χ3v) is 3.93. The van der Waals surface area contributed by atoms with Gasteiger partial charge in [-0.15, -0.1) is 0 Å². The van der Waals surface area contributed by atoms with Crippen molar-refractivity contribution in [1.29, 1.82) is 0 Å². The lowest BCUT2D eigenvalue weighted by Crippen LogP contribution is -2.30. The second kappa shape index (κ2) is 4.99. The molecule has 3 rings (SSSR count). The summed E-state index contributed by atoms with van der Waals surface area (Å²) in [6, 6.07) is 7.52. The van der Waals surface area contributed by atoms with Crippen molar-refractivity contribution in [2.45, 2.75) is 11.6 Å². The number of fused-ring (bicyclic) bond motifs is 1. The van der Waals surface area contributed by atoms with Gasteiger partial charge in [-0.25, -0.2) is 0 Å². The molecule has 8 heteroatoms. The quantitative estimate of drug-likeness (QED) is 0.567. The number of aromatic amines is 1. The van der Waals surface area contributed by atoms with Crippen molar-refractivity contribution in [3.63, 3.8) is 0 Å². The van der Waals surface area contributed by atoms with Crippen LogP contribution in [0.2, 0.25) is 5.02 Å². The molecular formula is C12H11BrClN5O. The maximum atomic E-state index is 11.8. The molecule has 0 amide bonds. The summed E-state index contributed by atoms with van der Waals surface area (Å²) >= 11 is 9.45. The molecule has 6 nitrogen and oxygen atoms in total. The molecule has 0 fully saturated rings. The number of nitrogen functional groups attached to an aromatic ring is 1. The van der Waals surface area contributed by atoms with E-state index >= 15 is 0 Å². The number of H-pyrrole nitrogens is 1. The Labute approximate surface area is 128 Å². The van der Waals surface area contributed by atoms with Gasteiger partial charge in [0.1, 0.15) is 5.69 Å². The first kappa shape index (κ1) is 13.3. The molecule has 0 saturated carbocycles. The average Bonchev–Trinajstić information content (AvgIpc) is 2.68. The van der Waals surface area contributed by atoms with E-state index in [0.717, 1.165) is 5.56 Å². The molecule has 0 aliphatic carbocycles. The Morgan fingerprint density at radius 3 is 3.05 bits per heavy atom. The fourth-order valence-corrected chi connectivity index (χ4v) is 2.89. The Bertz CT molecular complexity index is 719. The number of anilines is 3. The van der Waals surface area contributed by atoms with Gasteiger partial charge in [-0.3, -0.25) is 9.78 Å². The second-order valence-corrected chi connectivity index (χ2v) is 5.69. The zero-order chi connectivity index (χ0) is 14.3. The Morgan fingerprint density at radius 2 is 2.30 bits per heavy atom. The van der Waals surface area contributed by atoms with E-state index in [4.69, 9.17) is 17.3 Å². The van der Waals surface area contributed by atoms with Crippen molar-refractivity contribution in [2.75, 3.05) is 16.0 Å². The van der Waals surface area contributed by atoms with Crippen LogP contribution in [0, 0.1) is 0 Å².